The van der Waals surface area contributed by atoms with E-state index in [1.807, 2.05) is 0 Å². The molecule has 0 radical (unpaired) electrons. The summed E-state index contributed by atoms with van der Waals surface area (Å²) in [5, 5.41) is 6.68. The predicted octanol–water partition coefficient (Wildman–Crippen LogP) is 0.692. The predicted molar refractivity (Wildman–Crippen MR) is 74.7 cm³/mol. The standard InChI is InChI=1S/C11H15ClN4O2.ClH/c1-15-10(4-5-13-15)16-6-2-3-8(11(16)18)14-9(17)7-12;/h4-5,8H,2-3,6-7H2,1H3,(H,14,17);1H. The minimum absolute atomic E-state index is 0. The maximum atomic E-state index is 12.3. The largest absolute Gasteiger partial charge is 0.343 e. The minimum atomic E-state index is -0.486. The second-order valence-corrected chi connectivity index (χ2v) is 4.47. The highest BCUT2D eigenvalue weighted by molar-refractivity contribution is 6.27. The van der Waals surface area contributed by atoms with Crippen molar-refractivity contribution in [1.29, 1.82) is 0 Å². The van der Waals surface area contributed by atoms with Gasteiger partial charge in [0.25, 0.3) is 5.91 Å². The summed E-state index contributed by atoms with van der Waals surface area (Å²) in [5.41, 5.74) is 0. The number of hydrogen-bond acceptors (Lipinski definition) is 3. The van der Waals surface area contributed by atoms with Crippen molar-refractivity contribution < 1.29 is 9.59 Å². The van der Waals surface area contributed by atoms with Gasteiger partial charge >= 0.3 is 0 Å². The molecule has 0 saturated carbocycles. The van der Waals surface area contributed by atoms with Crippen molar-refractivity contribution in [1.82, 2.24) is 15.1 Å². The van der Waals surface area contributed by atoms with Crippen molar-refractivity contribution in [3.8, 4) is 0 Å². The van der Waals surface area contributed by atoms with Crippen LogP contribution in [-0.2, 0) is 16.6 Å². The van der Waals surface area contributed by atoms with Crippen LogP contribution in [0.2, 0.25) is 0 Å². The number of alkyl halides is 1. The fourth-order valence-electron chi connectivity index (χ4n) is 2.10. The van der Waals surface area contributed by atoms with E-state index in [9.17, 15) is 9.59 Å². The van der Waals surface area contributed by atoms with E-state index in [0.717, 1.165) is 12.2 Å². The van der Waals surface area contributed by atoms with Gasteiger partial charge in [0, 0.05) is 19.7 Å². The first-order valence-corrected chi connectivity index (χ1v) is 6.31. The second-order valence-electron chi connectivity index (χ2n) is 4.20. The highest BCUT2D eigenvalue weighted by Crippen LogP contribution is 2.20. The lowest BCUT2D eigenvalue weighted by atomic mass is 10.0. The number of amides is 2. The Bertz CT molecular complexity index is 463. The molecule has 0 aromatic carbocycles. The molecule has 1 fully saturated rings. The van der Waals surface area contributed by atoms with Crippen LogP contribution in [0.5, 0.6) is 0 Å². The molecule has 106 valence electrons. The number of piperidine rings is 1. The van der Waals surface area contributed by atoms with Gasteiger partial charge in [-0.25, -0.2) is 0 Å². The number of aromatic nitrogens is 2. The summed E-state index contributed by atoms with van der Waals surface area (Å²) >= 11 is 5.43. The molecule has 0 bridgehead atoms. The van der Waals surface area contributed by atoms with E-state index in [1.165, 1.54) is 0 Å². The van der Waals surface area contributed by atoms with Gasteiger partial charge in [-0.2, -0.15) is 5.10 Å². The van der Waals surface area contributed by atoms with Gasteiger partial charge < -0.3 is 5.32 Å². The van der Waals surface area contributed by atoms with E-state index < -0.39 is 6.04 Å². The van der Waals surface area contributed by atoms with Gasteiger partial charge in [-0.3, -0.25) is 19.2 Å². The van der Waals surface area contributed by atoms with E-state index >= 15 is 0 Å². The molecule has 1 aliphatic rings. The molecule has 1 N–H and O–H groups in total. The molecule has 1 aromatic rings. The number of halogens is 2. The zero-order valence-electron chi connectivity index (χ0n) is 10.5. The summed E-state index contributed by atoms with van der Waals surface area (Å²) in [4.78, 5) is 25.2. The molecule has 2 amide bonds. The molecular formula is C11H16Cl2N4O2. The summed E-state index contributed by atoms with van der Waals surface area (Å²) in [5.74, 6) is 0.185. The van der Waals surface area contributed by atoms with Crippen LogP contribution in [0, 0.1) is 0 Å². The van der Waals surface area contributed by atoms with Crippen LogP contribution in [0.25, 0.3) is 0 Å². The summed E-state index contributed by atoms with van der Waals surface area (Å²) in [6, 6.07) is 1.30. The zero-order valence-corrected chi connectivity index (χ0v) is 12.1. The van der Waals surface area contributed by atoms with Gasteiger partial charge in [-0.15, -0.1) is 24.0 Å². The van der Waals surface area contributed by atoms with Gasteiger partial charge in [-0.1, -0.05) is 0 Å². The summed E-state index contributed by atoms with van der Waals surface area (Å²) in [6.07, 6.45) is 3.13. The van der Waals surface area contributed by atoms with Gasteiger partial charge in [-0.05, 0) is 12.8 Å². The zero-order chi connectivity index (χ0) is 13.1. The molecule has 1 saturated heterocycles. The molecule has 19 heavy (non-hydrogen) atoms. The number of hydrogen-bond donors (Lipinski definition) is 1. The highest BCUT2D eigenvalue weighted by atomic mass is 35.5. The van der Waals surface area contributed by atoms with Crippen LogP contribution in [0.4, 0.5) is 5.82 Å². The lowest BCUT2D eigenvalue weighted by Gasteiger charge is -2.32. The van der Waals surface area contributed by atoms with Crippen molar-refractivity contribution in [3.63, 3.8) is 0 Å². The first-order valence-electron chi connectivity index (χ1n) is 5.78. The quantitative estimate of drug-likeness (QED) is 0.836. The fourth-order valence-corrected chi connectivity index (χ4v) is 2.18. The molecule has 0 spiro atoms. The van der Waals surface area contributed by atoms with Crippen molar-refractivity contribution >= 4 is 41.6 Å². The summed E-state index contributed by atoms with van der Waals surface area (Å²) in [6.45, 7) is 0.644. The molecule has 2 rings (SSSR count). The van der Waals surface area contributed by atoms with Crippen LogP contribution in [-0.4, -0.2) is 40.1 Å². The van der Waals surface area contributed by atoms with Gasteiger partial charge in [0.2, 0.25) is 5.91 Å². The van der Waals surface area contributed by atoms with Gasteiger partial charge in [0.05, 0.1) is 6.20 Å². The molecule has 1 aliphatic heterocycles. The molecule has 6 nitrogen and oxygen atoms in total. The van der Waals surface area contributed by atoms with E-state index in [1.54, 1.807) is 28.9 Å². The number of rotatable bonds is 3. The van der Waals surface area contributed by atoms with Gasteiger partial charge in [0.1, 0.15) is 17.7 Å². The van der Waals surface area contributed by atoms with E-state index in [0.29, 0.717) is 13.0 Å². The number of aryl methyl sites for hydroxylation is 1. The lowest BCUT2D eigenvalue weighted by molar-refractivity contribution is -0.127. The Morgan fingerprint density at radius 3 is 2.95 bits per heavy atom. The molecule has 1 aromatic heterocycles. The van der Waals surface area contributed by atoms with Crippen LogP contribution < -0.4 is 10.2 Å². The highest BCUT2D eigenvalue weighted by Gasteiger charge is 2.31. The van der Waals surface area contributed by atoms with E-state index in [4.69, 9.17) is 11.6 Å². The molecule has 2 heterocycles. The maximum absolute atomic E-state index is 12.3. The SMILES string of the molecule is Cl.Cn1nccc1N1CCCC(NC(=O)CCl)C1=O. The third-order valence-electron chi connectivity index (χ3n) is 2.97. The number of nitrogens with one attached hydrogen (secondary N) is 1. The number of anilines is 1. The lowest BCUT2D eigenvalue weighted by Crippen LogP contribution is -2.53. The Hall–Kier alpha value is -1.27. The maximum Gasteiger partial charge on any atom is 0.250 e. The molecule has 1 atom stereocenters. The van der Waals surface area contributed by atoms with E-state index in [2.05, 4.69) is 10.4 Å². The van der Waals surface area contributed by atoms with Crippen LogP contribution in [0.1, 0.15) is 12.8 Å². The first kappa shape index (κ1) is 15.8. The summed E-state index contributed by atoms with van der Waals surface area (Å²) in [7, 11) is 1.78. The monoisotopic (exact) mass is 306 g/mol. The number of nitrogens with zero attached hydrogens (tertiary/aromatic N) is 3. The number of carbonyl (C=O) groups excluding carboxylic acids is 2. The third kappa shape index (κ3) is 3.39. The summed E-state index contributed by atoms with van der Waals surface area (Å²) < 4.78 is 1.64. The van der Waals surface area contributed by atoms with Gasteiger partial charge in [0.15, 0.2) is 0 Å². The van der Waals surface area contributed by atoms with Crippen molar-refractivity contribution in [3.05, 3.63) is 12.3 Å². The Morgan fingerprint density at radius 1 is 1.63 bits per heavy atom. The Labute approximate surface area is 122 Å². The number of carbonyl (C=O) groups is 2. The molecule has 1 unspecified atom stereocenters. The smallest absolute Gasteiger partial charge is 0.250 e. The molecule has 8 heteroatoms. The Morgan fingerprint density at radius 2 is 2.37 bits per heavy atom. The average molecular weight is 307 g/mol. The second kappa shape index (κ2) is 6.77. The molecule has 0 aliphatic carbocycles. The van der Waals surface area contributed by atoms with Crippen LogP contribution >= 0.6 is 24.0 Å². The Kier molecular flexibility index (Phi) is 5.62. The van der Waals surface area contributed by atoms with Crippen molar-refractivity contribution in [2.24, 2.45) is 7.05 Å². The van der Waals surface area contributed by atoms with Crippen molar-refractivity contribution in [2.45, 2.75) is 18.9 Å². The van der Waals surface area contributed by atoms with Crippen LogP contribution in [0.15, 0.2) is 12.3 Å². The first-order chi connectivity index (χ1) is 8.63. The Balaban J connectivity index is 0.00000180. The van der Waals surface area contributed by atoms with Crippen molar-refractivity contribution in [2.75, 3.05) is 17.3 Å². The average Bonchev–Trinajstić information content (AvgIpc) is 2.78. The van der Waals surface area contributed by atoms with Crippen LogP contribution in [0.3, 0.4) is 0 Å². The van der Waals surface area contributed by atoms with E-state index in [-0.39, 0.29) is 30.1 Å². The topological polar surface area (TPSA) is 67.2 Å². The normalized spacial score (nSPS) is 18.9. The minimum Gasteiger partial charge on any atom is -0.343 e. The molecular weight excluding hydrogens is 291 g/mol. The third-order valence-corrected chi connectivity index (χ3v) is 3.21. The fraction of sp³-hybridized carbons (Fsp3) is 0.545.